The van der Waals surface area contributed by atoms with Crippen molar-refractivity contribution >= 4 is 23.5 Å². The lowest BCUT2D eigenvalue weighted by Gasteiger charge is -2.36. The summed E-state index contributed by atoms with van der Waals surface area (Å²) in [6.45, 7) is 1.59. The molecule has 1 amide bonds. The van der Waals surface area contributed by atoms with Crippen molar-refractivity contribution in [1.29, 1.82) is 0 Å². The van der Waals surface area contributed by atoms with E-state index in [1.807, 2.05) is 0 Å². The fraction of sp³-hybridized carbons (Fsp3) is 0.471. The van der Waals surface area contributed by atoms with E-state index in [4.69, 9.17) is 9.62 Å². The topological polar surface area (TPSA) is 134 Å². The van der Waals surface area contributed by atoms with E-state index in [1.165, 1.54) is 31.2 Å². The van der Waals surface area contributed by atoms with Crippen molar-refractivity contribution in [1.82, 2.24) is 5.32 Å². The maximum Gasteiger partial charge on any atom is 0.346 e. The van der Waals surface area contributed by atoms with Gasteiger partial charge in [0.25, 0.3) is 5.69 Å². The molecule has 1 aliphatic rings. The molecule has 2 unspecified atom stereocenters. The molecule has 0 radical (unpaired) electrons. The van der Waals surface area contributed by atoms with Crippen LogP contribution >= 0.6 is 0 Å². The molecule has 1 aromatic rings. The maximum absolute atomic E-state index is 11.7. The van der Waals surface area contributed by atoms with E-state index >= 15 is 0 Å². The second kappa shape index (κ2) is 9.62. The second-order valence-electron chi connectivity index (χ2n) is 6.02. The molecule has 0 aromatic heterocycles. The van der Waals surface area contributed by atoms with Crippen molar-refractivity contribution in [3.05, 3.63) is 39.9 Å². The van der Waals surface area contributed by atoms with Crippen molar-refractivity contribution in [2.45, 2.75) is 32.2 Å². The molecule has 2 atom stereocenters. The average Bonchev–Trinajstić information content (AvgIpc) is 2.60. The summed E-state index contributed by atoms with van der Waals surface area (Å²) in [5.74, 6) is -1.42. The summed E-state index contributed by atoms with van der Waals surface area (Å²) >= 11 is 0. The van der Waals surface area contributed by atoms with Crippen LogP contribution < -0.4 is 5.32 Å². The standard InChI is InChI=1S/C17H20N2O8/c1-11(20)25-8-7-15-14(17(22)18-15)6-9-26-27-16(21)10-12-2-4-13(5-3-12)19(23)24/h2-5,14-15H,6-10H2,1H3,(H,18,22). The lowest BCUT2D eigenvalue weighted by molar-refractivity contribution is -0.384. The molecule has 146 valence electrons. The number of nitro benzene ring substituents is 1. The maximum atomic E-state index is 11.7. The number of amides is 1. The quantitative estimate of drug-likeness (QED) is 0.159. The zero-order chi connectivity index (χ0) is 19.8. The first kappa shape index (κ1) is 20.3. The third kappa shape index (κ3) is 6.33. The number of nitro groups is 1. The van der Waals surface area contributed by atoms with Crippen LogP contribution in [-0.2, 0) is 35.3 Å². The Labute approximate surface area is 154 Å². The van der Waals surface area contributed by atoms with Gasteiger partial charge in [-0.1, -0.05) is 12.1 Å². The highest BCUT2D eigenvalue weighted by atomic mass is 17.2. The zero-order valence-corrected chi connectivity index (χ0v) is 14.7. The SMILES string of the molecule is CC(=O)OCCC1NC(=O)C1CCOOC(=O)Cc1ccc([N+](=O)[O-])cc1. The van der Waals surface area contributed by atoms with Crippen molar-refractivity contribution in [3.63, 3.8) is 0 Å². The van der Waals surface area contributed by atoms with Gasteiger partial charge in [0.2, 0.25) is 5.91 Å². The molecule has 0 saturated carbocycles. The molecule has 1 saturated heterocycles. The van der Waals surface area contributed by atoms with Gasteiger partial charge in [-0.2, -0.15) is 4.89 Å². The van der Waals surface area contributed by atoms with Crippen molar-refractivity contribution in [2.24, 2.45) is 5.92 Å². The van der Waals surface area contributed by atoms with Gasteiger partial charge in [0.05, 0.1) is 30.5 Å². The summed E-state index contributed by atoms with van der Waals surface area (Å²) < 4.78 is 4.84. The van der Waals surface area contributed by atoms with Gasteiger partial charge in [0.15, 0.2) is 0 Å². The molecule has 2 rings (SSSR count). The molecule has 10 nitrogen and oxygen atoms in total. The van der Waals surface area contributed by atoms with Crippen LogP contribution in [0.3, 0.4) is 0 Å². The molecule has 10 heteroatoms. The number of rotatable bonds is 10. The Morgan fingerprint density at radius 2 is 1.89 bits per heavy atom. The minimum absolute atomic E-state index is 0.0498. The number of β-lactam (4-membered cyclic amide) rings is 1. The van der Waals surface area contributed by atoms with E-state index in [0.717, 1.165) is 0 Å². The van der Waals surface area contributed by atoms with Crippen LogP contribution in [0.1, 0.15) is 25.3 Å². The first-order valence-electron chi connectivity index (χ1n) is 8.36. The van der Waals surface area contributed by atoms with Gasteiger partial charge in [0.1, 0.15) is 0 Å². The smallest absolute Gasteiger partial charge is 0.346 e. The first-order chi connectivity index (χ1) is 12.9. The summed E-state index contributed by atoms with van der Waals surface area (Å²) in [6, 6.07) is 5.43. The molecular weight excluding hydrogens is 360 g/mol. The molecule has 1 fully saturated rings. The van der Waals surface area contributed by atoms with Crippen LogP contribution in [0.5, 0.6) is 0 Å². The minimum Gasteiger partial charge on any atom is -0.466 e. The monoisotopic (exact) mass is 380 g/mol. The summed E-state index contributed by atoms with van der Waals surface area (Å²) in [5.41, 5.74) is 0.489. The largest absolute Gasteiger partial charge is 0.466 e. The lowest BCUT2D eigenvalue weighted by atomic mass is 9.86. The van der Waals surface area contributed by atoms with Crippen LogP contribution in [0.4, 0.5) is 5.69 Å². The minimum atomic E-state index is -0.645. The van der Waals surface area contributed by atoms with Crippen molar-refractivity contribution < 1.29 is 33.8 Å². The number of ether oxygens (including phenoxy) is 1. The molecule has 27 heavy (non-hydrogen) atoms. The van der Waals surface area contributed by atoms with Crippen LogP contribution in [0.15, 0.2) is 24.3 Å². The number of benzene rings is 1. The summed E-state index contributed by atoms with van der Waals surface area (Å²) in [4.78, 5) is 53.5. The average molecular weight is 380 g/mol. The van der Waals surface area contributed by atoms with E-state index in [1.54, 1.807) is 0 Å². The van der Waals surface area contributed by atoms with Crippen LogP contribution in [0.2, 0.25) is 0 Å². The molecule has 0 spiro atoms. The van der Waals surface area contributed by atoms with Gasteiger partial charge in [0, 0.05) is 31.5 Å². The van der Waals surface area contributed by atoms with Gasteiger partial charge >= 0.3 is 11.9 Å². The Morgan fingerprint density at radius 1 is 1.19 bits per heavy atom. The van der Waals surface area contributed by atoms with E-state index in [-0.39, 0.29) is 49.2 Å². The van der Waals surface area contributed by atoms with Crippen LogP contribution in [0.25, 0.3) is 0 Å². The van der Waals surface area contributed by atoms with E-state index in [9.17, 15) is 24.5 Å². The van der Waals surface area contributed by atoms with Gasteiger partial charge in [-0.05, 0) is 12.0 Å². The van der Waals surface area contributed by atoms with Crippen LogP contribution in [-0.4, -0.2) is 42.0 Å². The molecule has 0 aliphatic carbocycles. The van der Waals surface area contributed by atoms with Gasteiger partial charge in [-0.3, -0.25) is 24.6 Å². The molecule has 1 N–H and O–H groups in total. The number of nitrogens with one attached hydrogen (secondary N) is 1. The predicted octanol–water partition coefficient (Wildman–Crippen LogP) is 1.07. The number of hydrogen-bond donors (Lipinski definition) is 1. The van der Waals surface area contributed by atoms with E-state index in [0.29, 0.717) is 18.4 Å². The molecule has 1 heterocycles. The van der Waals surface area contributed by atoms with Crippen molar-refractivity contribution in [3.8, 4) is 0 Å². The molecule has 0 bridgehead atoms. The lowest BCUT2D eigenvalue weighted by Crippen LogP contribution is -2.58. The normalized spacial score (nSPS) is 18.2. The highest BCUT2D eigenvalue weighted by Gasteiger charge is 2.38. The molecular formula is C17H20N2O8. The van der Waals surface area contributed by atoms with E-state index in [2.05, 4.69) is 10.2 Å². The fourth-order valence-electron chi connectivity index (χ4n) is 2.63. The molecule has 1 aliphatic heterocycles. The fourth-order valence-corrected chi connectivity index (χ4v) is 2.63. The number of non-ortho nitro benzene ring substituents is 1. The van der Waals surface area contributed by atoms with Gasteiger partial charge in [-0.25, -0.2) is 4.79 Å². The zero-order valence-electron chi connectivity index (χ0n) is 14.7. The summed E-state index contributed by atoms with van der Waals surface area (Å²) in [6.07, 6.45) is 0.782. The number of nitrogens with zero attached hydrogens (tertiary/aromatic N) is 1. The van der Waals surface area contributed by atoms with E-state index < -0.39 is 10.9 Å². The van der Waals surface area contributed by atoms with Crippen molar-refractivity contribution in [2.75, 3.05) is 13.2 Å². The van der Waals surface area contributed by atoms with Gasteiger partial charge < -0.3 is 10.1 Å². The Hall–Kier alpha value is -3.01. The number of carbonyl (C=O) groups excluding carboxylic acids is 3. The second-order valence-corrected chi connectivity index (χ2v) is 6.02. The number of carbonyl (C=O) groups is 3. The highest BCUT2D eigenvalue weighted by Crippen LogP contribution is 2.22. The first-order valence-corrected chi connectivity index (χ1v) is 8.36. The Morgan fingerprint density at radius 3 is 2.48 bits per heavy atom. The summed E-state index contributed by atoms with van der Waals surface area (Å²) in [7, 11) is 0. The predicted molar refractivity (Wildman–Crippen MR) is 90.1 cm³/mol. The third-order valence-corrected chi connectivity index (χ3v) is 4.04. The molecule has 1 aromatic carbocycles. The summed E-state index contributed by atoms with van der Waals surface area (Å²) in [5, 5.41) is 13.3. The number of hydrogen-bond acceptors (Lipinski definition) is 8. The van der Waals surface area contributed by atoms with Crippen LogP contribution in [0, 0.1) is 16.0 Å². The third-order valence-electron chi connectivity index (χ3n) is 4.04. The Kier molecular flexibility index (Phi) is 7.24. The highest BCUT2D eigenvalue weighted by molar-refractivity contribution is 5.85. The van der Waals surface area contributed by atoms with Gasteiger partial charge in [-0.15, -0.1) is 0 Å². The Balaban J connectivity index is 1.64. The Bertz CT molecular complexity index is 703. The number of esters is 1.